The average molecular weight is 493 g/mol. The zero-order valence-electron chi connectivity index (χ0n) is 18.3. The largest absolute Gasteiger partial charge is 0.490 e. The molecule has 3 nitrogen and oxygen atoms in total. The molecule has 1 N–H and O–H groups in total. The summed E-state index contributed by atoms with van der Waals surface area (Å²) < 4.78 is 11.9. The Bertz CT molecular complexity index is 1010. The molecule has 0 spiro atoms. The molecule has 0 aliphatic heterocycles. The highest BCUT2D eigenvalue weighted by atomic mass is 35.5. The van der Waals surface area contributed by atoms with E-state index in [0.29, 0.717) is 46.3 Å². The molecule has 0 amide bonds. The highest BCUT2D eigenvalue weighted by Crippen LogP contribution is 2.38. The molecule has 3 aromatic rings. The molecular formula is C26H28Cl3NO2. The van der Waals surface area contributed by atoms with Gasteiger partial charge >= 0.3 is 0 Å². The molecule has 1 atom stereocenters. The van der Waals surface area contributed by atoms with Gasteiger partial charge in [-0.3, -0.25) is 0 Å². The van der Waals surface area contributed by atoms with Gasteiger partial charge in [-0.25, -0.2) is 0 Å². The summed E-state index contributed by atoms with van der Waals surface area (Å²) in [6.07, 6.45) is 2.15. The molecule has 0 saturated carbocycles. The Morgan fingerprint density at radius 2 is 1.56 bits per heavy atom. The van der Waals surface area contributed by atoms with Crippen LogP contribution in [0, 0.1) is 0 Å². The number of benzene rings is 3. The maximum Gasteiger partial charge on any atom is 0.180 e. The number of rotatable bonds is 11. The van der Waals surface area contributed by atoms with Crippen LogP contribution in [0.15, 0.2) is 60.7 Å². The third-order valence-electron chi connectivity index (χ3n) is 5.07. The van der Waals surface area contributed by atoms with Gasteiger partial charge in [-0.05, 0) is 54.3 Å². The van der Waals surface area contributed by atoms with Gasteiger partial charge in [0.25, 0.3) is 0 Å². The summed E-state index contributed by atoms with van der Waals surface area (Å²) in [6.45, 7) is 5.63. The van der Waals surface area contributed by atoms with Crippen molar-refractivity contribution in [2.75, 3.05) is 6.61 Å². The normalized spacial score (nSPS) is 11.9. The Kier molecular flexibility index (Phi) is 9.55. The van der Waals surface area contributed by atoms with Gasteiger partial charge in [0.2, 0.25) is 0 Å². The van der Waals surface area contributed by atoms with E-state index >= 15 is 0 Å². The summed E-state index contributed by atoms with van der Waals surface area (Å²) >= 11 is 18.7. The first-order valence-corrected chi connectivity index (χ1v) is 12.0. The lowest BCUT2D eigenvalue weighted by atomic mass is 10.0. The van der Waals surface area contributed by atoms with Crippen LogP contribution < -0.4 is 14.8 Å². The van der Waals surface area contributed by atoms with Crippen LogP contribution in [-0.4, -0.2) is 6.61 Å². The predicted molar refractivity (Wildman–Crippen MR) is 134 cm³/mol. The van der Waals surface area contributed by atoms with Gasteiger partial charge in [-0.2, -0.15) is 0 Å². The number of ether oxygens (including phenoxy) is 2. The first-order valence-electron chi connectivity index (χ1n) is 10.8. The first-order chi connectivity index (χ1) is 15.5. The summed E-state index contributed by atoms with van der Waals surface area (Å²) in [5, 5.41) is 5.17. The van der Waals surface area contributed by atoms with Gasteiger partial charge in [0.15, 0.2) is 11.5 Å². The lowest BCUT2D eigenvalue weighted by molar-refractivity contribution is 0.269. The van der Waals surface area contributed by atoms with Crippen molar-refractivity contribution < 1.29 is 9.47 Å². The smallest absolute Gasteiger partial charge is 0.180 e. The fourth-order valence-electron chi connectivity index (χ4n) is 3.51. The SMILES string of the molecule is CCCC(NCc1cc(Cl)c(OCc2ccc(Cl)c(Cl)c2)c(OCC)c1)c1ccccc1. The van der Waals surface area contributed by atoms with Gasteiger partial charge < -0.3 is 14.8 Å². The van der Waals surface area contributed by atoms with E-state index in [4.69, 9.17) is 44.3 Å². The van der Waals surface area contributed by atoms with E-state index in [0.717, 1.165) is 24.0 Å². The van der Waals surface area contributed by atoms with Crippen LogP contribution in [0.3, 0.4) is 0 Å². The highest BCUT2D eigenvalue weighted by molar-refractivity contribution is 6.42. The minimum atomic E-state index is 0.279. The molecule has 1 unspecified atom stereocenters. The van der Waals surface area contributed by atoms with Gasteiger partial charge in [0.05, 0.1) is 21.7 Å². The molecule has 3 rings (SSSR count). The average Bonchev–Trinajstić information content (AvgIpc) is 2.79. The number of hydrogen-bond acceptors (Lipinski definition) is 3. The summed E-state index contributed by atoms with van der Waals surface area (Å²) in [5.41, 5.74) is 3.22. The van der Waals surface area contributed by atoms with E-state index < -0.39 is 0 Å². The molecule has 0 fully saturated rings. The molecule has 6 heteroatoms. The van der Waals surface area contributed by atoms with Crippen molar-refractivity contribution in [2.24, 2.45) is 0 Å². The van der Waals surface area contributed by atoms with Gasteiger partial charge in [0.1, 0.15) is 6.61 Å². The molecule has 0 saturated heterocycles. The van der Waals surface area contributed by atoms with Crippen LogP contribution in [0.25, 0.3) is 0 Å². The molecule has 170 valence electrons. The second-order valence-corrected chi connectivity index (χ2v) is 8.73. The van der Waals surface area contributed by atoms with E-state index in [1.54, 1.807) is 12.1 Å². The summed E-state index contributed by atoms with van der Waals surface area (Å²) in [4.78, 5) is 0. The van der Waals surface area contributed by atoms with E-state index in [2.05, 4.69) is 36.5 Å². The van der Waals surface area contributed by atoms with Crippen LogP contribution >= 0.6 is 34.8 Å². The molecule has 0 aromatic heterocycles. The van der Waals surface area contributed by atoms with Crippen LogP contribution in [0.1, 0.15) is 49.4 Å². The molecule has 0 bridgehead atoms. The maximum atomic E-state index is 6.61. The zero-order valence-corrected chi connectivity index (χ0v) is 20.6. The van der Waals surface area contributed by atoms with Crippen LogP contribution in [-0.2, 0) is 13.2 Å². The monoisotopic (exact) mass is 491 g/mol. The second-order valence-electron chi connectivity index (χ2n) is 7.51. The molecule has 0 radical (unpaired) electrons. The van der Waals surface area contributed by atoms with Gasteiger partial charge in [0, 0.05) is 12.6 Å². The fourth-order valence-corrected chi connectivity index (χ4v) is 4.12. The molecule has 32 heavy (non-hydrogen) atoms. The third kappa shape index (κ3) is 6.79. The molecule has 0 heterocycles. The van der Waals surface area contributed by atoms with Crippen molar-refractivity contribution in [3.63, 3.8) is 0 Å². The number of nitrogens with one attached hydrogen (secondary N) is 1. The minimum absolute atomic E-state index is 0.279. The minimum Gasteiger partial charge on any atom is -0.490 e. The first kappa shape index (κ1) is 24.7. The Morgan fingerprint density at radius 3 is 2.25 bits per heavy atom. The van der Waals surface area contributed by atoms with Crippen LogP contribution in [0.5, 0.6) is 11.5 Å². The predicted octanol–water partition coefficient (Wildman–Crippen LogP) is 8.26. The van der Waals surface area contributed by atoms with E-state index in [1.807, 2.05) is 31.2 Å². The third-order valence-corrected chi connectivity index (χ3v) is 6.09. The van der Waals surface area contributed by atoms with Gasteiger partial charge in [-0.1, -0.05) is 84.5 Å². The van der Waals surface area contributed by atoms with Crippen molar-refractivity contribution >= 4 is 34.8 Å². The second kappa shape index (κ2) is 12.4. The molecule has 0 aliphatic rings. The van der Waals surface area contributed by atoms with Crippen molar-refractivity contribution in [1.29, 1.82) is 0 Å². The quantitative estimate of drug-likeness (QED) is 0.292. The van der Waals surface area contributed by atoms with Gasteiger partial charge in [-0.15, -0.1) is 0 Å². The molecule has 3 aromatic carbocycles. The van der Waals surface area contributed by atoms with E-state index in [9.17, 15) is 0 Å². The van der Waals surface area contributed by atoms with Crippen molar-refractivity contribution in [1.82, 2.24) is 5.32 Å². The fraction of sp³-hybridized carbons (Fsp3) is 0.308. The Morgan fingerprint density at radius 1 is 0.812 bits per heavy atom. The topological polar surface area (TPSA) is 30.5 Å². The lowest BCUT2D eigenvalue weighted by Gasteiger charge is -2.20. The van der Waals surface area contributed by atoms with Crippen molar-refractivity contribution in [3.05, 3.63) is 92.4 Å². The standard InChI is InChI=1S/C26H28Cl3NO2/c1-3-8-24(20-9-6-5-7-10-20)30-16-19-14-23(29)26(25(15-19)31-4-2)32-17-18-11-12-21(27)22(28)13-18/h5-7,9-15,24,30H,3-4,8,16-17H2,1-2H3. The van der Waals surface area contributed by atoms with Crippen molar-refractivity contribution in [3.8, 4) is 11.5 Å². The van der Waals surface area contributed by atoms with Crippen LogP contribution in [0.2, 0.25) is 15.1 Å². The molecule has 0 aliphatic carbocycles. The van der Waals surface area contributed by atoms with E-state index in [-0.39, 0.29) is 6.04 Å². The number of hydrogen-bond donors (Lipinski definition) is 1. The van der Waals surface area contributed by atoms with Crippen LogP contribution in [0.4, 0.5) is 0 Å². The Labute approximate surface area is 205 Å². The summed E-state index contributed by atoms with van der Waals surface area (Å²) in [7, 11) is 0. The highest BCUT2D eigenvalue weighted by Gasteiger charge is 2.15. The van der Waals surface area contributed by atoms with E-state index in [1.165, 1.54) is 5.56 Å². The summed E-state index contributed by atoms with van der Waals surface area (Å²) in [5.74, 6) is 1.15. The van der Waals surface area contributed by atoms with Crippen molar-refractivity contribution in [2.45, 2.75) is 45.9 Å². The maximum absolute atomic E-state index is 6.61. The Hall–Kier alpha value is -1.91. The Balaban J connectivity index is 1.74. The zero-order chi connectivity index (χ0) is 22.9. The summed E-state index contributed by atoms with van der Waals surface area (Å²) in [6, 6.07) is 20.1. The number of halogens is 3. The lowest BCUT2D eigenvalue weighted by Crippen LogP contribution is -2.21. The molecular weight excluding hydrogens is 465 g/mol.